The first kappa shape index (κ1) is 8.41. The maximum absolute atomic E-state index is 8.24. The maximum atomic E-state index is 8.24. The Morgan fingerprint density at radius 2 is 2.33 bits per heavy atom. The van der Waals surface area contributed by atoms with E-state index >= 15 is 0 Å². The smallest absolute Gasteiger partial charge is 0.0625 e. The third-order valence-electron chi connectivity index (χ3n) is 1.04. The third-order valence-corrected chi connectivity index (χ3v) is 1.04. The zero-order valence-corrected chi connectivity index (χ0v) is 5.96. The van der Waals surface area contributed by atoms with Crippen molar-refractivity contribution < 1.29 is 0 Å². The van der Waals surface area contributed by atoms with Crippen LogP contribution in [0, 0.1) is 17.2 Å². The Kier molecular flexibility index (Phi) is 4.02. The minimum absolute atomic E-state index is 0.380. The van der Waals surface area contributed by atoms with Crippen molar-refractivity contribution >= 4 is 0 Å². The van der Waals surface area contributed by atoms with Crippen molar-refractivity contribution in [3.63, 3.8) is 0 Å². The van der Waals surface area contributed by atoms with E-state index in [2.05, 4.69) is 6.07 Å². The van der Waals surface area contributed by atoms with E-state index in [9.17, 15) is 0 Å². The summed E-state index contributed by atoms with van der Waals surface area (Å²) in [6, 6.07) is 2.09. The quantitative estimate of drug-likeness (QED) is 0.439. The minimum atomic E-state index is 0.380. The Labute approximate surface area is 56.0 Å². The molecule has 0 aliphatic heterocycles. The van der Waals surface area contributed by atoms with Crippen LogP contribution in [-0.4, -0.2) is 18.6 Å². The van der Waals surface area contributed by atoms with E-state index in [0.29, 0.717) is 12.3 Å². The number of nitrogens with zero attached hydrogens (tertiary/aromatic N) is 2. The average Bonchev–Trinajstić information content (AvgIpc) is 1.63. The Balaban J connectivity index is 3.29. The van der Waals surface area contributed by atoms with E-state index in [0.717, 1.165) is 6.54 Å². The topological polar surface area (TPSA) is 53.0 Å². The lowest BCUT2D eigenvalue weighted by Crippen LogP contribution is -2.30. The van der Waals surface area contributed by atoms with Gasteiger partial charge in [-0.25, -0.2) is 5.01 Å². The molecular weight excluding hydrogens is 114 g/mol. The zero-order chi connectivity index (χ0) is 7.28. The Morgan fingerprint density at radius 1 is 1.78 bits per heavy atom. The SMILES string of the molecule is CC(CC#N)CN(C)N. The van der Waals surface area contributed by atoms with Crippen LogP contribution in [0.25, 0.3) is 0 Å². The predicted octanol–water partition coefficient (Wildman–Crippen LogP) is 0.342. The number of nitrogens with two attached hydrogens (primary N) is 1. The fourth-order valence-electron chi connectivity index (χ4n) is 0.712. The summed E-state index contributed by atoms with van der Waals surface area (Å²) in [7, 11) is 1.80. The van der Waals surface area contributed by atoms with E-state index in [1.54, 1.807) is 12.1 Å². The van der Waals surface area contributed by atoms with Gasteiger partial charge in [0, 0.05) is 20.0 Å². The molecule has 0 radical (unpaired) electrons. The van der Waals surface area contributed by atoms with Gasteiger partial charge in [-0.1, -0.05) is 6.92 Å². The van der Waals surface area contributed by atoms with Gasteiger partial charge in [-0.05, 0) is 5.92 Å². The summed E-state index contributed by atoms with van der Waals surface area (Å²) in [5.74, 6) is 5.73. The van der Waals surface area contributed by atoms with E-state index in [-0.39, 0.29) is 0 Å². The predicted molar refractivity (Wildman–Crippen MR) is 36.2 cm³/mol. The lowest BCUT2D eigenvalue weighted by Gasteiger charge is -2.12. The van der Waals surface area contributed by atoms with Crippen molar-refractivity contribution in [2.75, 3.05) is 13.6 Å². The second-order valence-corrected chi connectivity index (χ2v) is 2.41. The molecule has 0 saturated carbocycles. The molecule has 0 heterocycles. The molecule has 0 bridgehead atoms. The molecular formula is C6H13N3. The summed E-state index contributed by atoms with van der Waals surface area (Å²) in [5, 5.41) is 9.84. The molecule has 3 heteroatoms. The molecule has 9 heavy (non-hydrogen) atoms. The van der Waals surface area contributed by atoms with Crippen LogP contribution in [0.2, 0.25) is 0 Å². The van der Waals surface area contributed by atoms with Crippen LogP contribution >= 0.6 is 0 Å². The fraction of sp³-hybridized carbons (Fsp3) is 0.833. The molecule has 2 N–H and O–H groups in total. The van der Waals surface area contributed by atoms with Crippen molar-refractivity contribution in [3.05, 3.63) is 0 Å². The van der Waals surface area contributed by atoms with Gasteiger partial charge in [0.15, 0.2) is 0 Å². The van der Waals surface area contributed by atoms with Gasteiger partial charge in [-0.3, -0.25) is 5.84 Å². The Hall–Kier alpha value is -0.590. The highest BCUT2D eigenvalue weighted by Gasteiger charge is 2.00. The van der Waals surface area contributed by atoms with Crippen LogP contribution in [0.5, 0.6) is 0 Å². The van der Waals surface area contributed by atoms with Crippen LogP contribution in [0.1, 0.15) is 13.3 Å². The largest absolute Gasteiger partial charge is 0.269 e. The summed E-state index contributed by atoms with van der Waals surface area (Å²) in [5.41, 5.74) is 0. The summed E-state index contributed by atoms with van der Waals surface area (Å²) in [4.78, 5) is 0. The minimum Gasteiger partial charge on any atom is -0.269 e. The van der Waals surface area contributed by atoms with Gasteiger partial charge in [0.2, 0.25) is 0 Å². The molecule has 1 atom stereocenters. The van der Waals surface area contributed by atoms with Gasteiger partial charge in [0.25, 0.3) is 0 Å². The van der Waals surface area contributed by atoms with Gasteiger partial charge >= 0.3 is 0 Å². The third kappa shape index (κ3) is 5.28. The first-order valence-electron chi connectivity index (χ1n) is 2.99. The summed E-state index contributed by atoms with van der Waals surface area (Å²) < 4.78 is 0. The lowest BCUT2D eigenvalue weighted by molar-refractivity contribution is 0.297. The molecule has 0 aliphatic rings. The van der Waals surface area contributed by atoms with Crippen molar-refractivity contribution in [1.29, 1.82) is 5.26 Å². The number of nitriles is 1. The number of hydrogen-bond donors (Lipinski definition) is 1. The standard InChI is InChI=1S/C6H13N3/c1-6(3-4-7)5-9(2)8/h6H,3,5,8H2,1-2H3. The molecule has 0 aromatic heterocycles. The number of rotatable bonds is 3. The fourth-order valence-corrected chi connectivity index (χ4v) is 0.712. The van der Waals surface area contributed by atoms with Crippen molar-refractivity contribution in [1.82, 2.24) is 5.01 Å². The summed E-state index contributed by atoms with van der Waals surface area (Å²) in [6.45, 7) is 2.79. The second kappa shape index (κ2) is 4.30. The van der Waals surface area contributed by atoms with Gasteiger partial charge in [0.05, 0.1) is 6.07 Å². The molecule has 0 spiro atoms. The van der Waals surface area contributed by atoms with Crippen LogP contribution in [0.15, 0.2) is 0 Å². The Morgan fingerprint density at radius 3 is 2.67 bits per heavy atom. The van der Waals surface area contributed by atoms with Gasteiger partial charge in [-0.2, -0.15) is 5.26 Å². The van der Waals surface area contributed by atoms with Gasteiger partial charge in [0.1, 0.15) is 0 Å². The molecule has 0 aromatic carbocycles. The van der Waals surface area contributed by atoms with Crippen molar-refractivity contribution in [3.8, 4) is 6.07 Å². The molecule has 52 valence electrons. The number of hydrazine groups is 1. The Bertz CT molecular complexity index is 103. The van der Waals surface area contributed by atoms with Crippen LogP contribution in [0.4, 0.5) is 0 Å². The zero-order valence-electron chi connectivity index (χ0n) is 5.96. The molecule has 0 saturated heterocycles. The molecule has 0 aromatic rings. The summed E-state index contributed by atoms with van der Waals surface area (Å²) >= 11 is 0. The average molecular weight is 127 g/mol. The van der Waals surface area contributed by atoms with Crippen molar-refractivity contribution in [2.45, 2.75) is 13.3 Å². The highest BCUT2D eigenvalue weighted by Crippen LogP contribution is 1.98. The van der Waals surface area contributed by atoms with E-state index in [1.807, 2.05) is 6.92 Å². The van der Waals surface area contributed by atoms with Crippen LogP contribution in [0.3, 0.4) is 0 Å². The second-order valence-electron chi connectivity index (χ2n) is 2.41. The molecule has 0 fully saturated rings. The molecule has 0 amide bonds. The highest BCUT2D eigenvalue weighted by molar-refractivity contribution is 4.73. The van der Waals surface area contributed by atoms with Crippen molar-refractivity contribution in [2.24, 2.45) is 11.8 Å². The van der Waals surface area contributed by atoms with Crippen LogP contribution in [-0.2, 0) is 0 Å². The number of hydrogen-bond acceptors (Lipinski definition) is 3. The van der Waals surface area contributed by atoms with Gasteiger partial charge in [-0.15, -0.1) is 0 Å². The first-order chi connectivity index (χ1) is 4.16. The molecule has 1 unspecified atom stereocenters. The summed E-state index contributed by atoms with van der Waals surface area (Å²) in [6.07, 6.45) is 0.585. The normalized spacial score (nSPS) is 13.2. The molecule has 0 rings (SSSR count). The lowest BCUT2D eigenvalue weighted by atomic mass is 10.1. The van der Waals surface area contributed by atoms with E-state index in [1.165, 1.54) is 0 Å². The maximum Gasteiger partial charge on any atom is 0.0625 e. The highest BCUT2D eigenvalue weighted by atomic mass is 15.4. The monoisotopic (exact) mass is 127 g/mol. The van der Waals surface area contributed by atoms with Crippen LogP contribution < -0.4 is 5.84 Å². The van der Waals surface area contributed by atoms with E-state index in [4.69, 9.17) is 11.1 Å². The molecule has 3 nitrogen and oxygen atoms in total. The van der Waals surface area contributed by atoms with E-state index < -0.39 is 0 Å². The van der Waals surface area contributed by atoms with Gasteiger partial charge < -0.3 is 0 Å². The first-order valence-corrected chi connectivity index (χ1v) is 2.99. The molecule has 0 aliphatic carbocycles.